The Labute approximate surface area is 142 Å². The van der Waals surface area contributed by atoms with Gasteiger partial charge >= 0.3 is 0 Å². The van der Waals surface area contributed by atoms with E-state index < -0.39 is 0 Å². The lowest BCUT2D eigenvalue weighted by molar-refractivity contribution is 0.0932. The van der Waals surface area contributed by atoms with Gasteiger partial charge in [-0.2, -0.15) is 5.10 Å². The Hall–Kier alpha value is -2.56. The molecule has 0 bridgehead atoms. The molecule has 0 unspecified atom stereocenters. The van der Waals surface area contributed by atoms with E-state index in [1.807, 2.05) is 60.5 Å². The monoisotopic (exact) mass is 324 g/mol. The topological polar surface area (TPSA) is 51.9 Å². The summed E-state index contributed by atoms with van der Waals surface area (Å²) in [6, 6.07) is 9.86. The van der Waals surface area contributed by atoms with E-state index in [4.69, 9.17) is 0 Å². The quantitative estimate of drug-likeness (QED) is 0.798. The Morgan fingerprint density at radius 1 is 1.29 bits per heavy atom. The number of hydrogen-bond donors (Lipinski definition) is 1. The minimum Gasteiger partial charge on any atom is -0.344 e. The van der Waals surface area contributed by atoms with E-state index in [1.165, 1.54) is 0 Å². The summed E-state index contributed by atoms with van der Waals surface area (Å²) in [5.41, 5.74) is 4.91. The van der Waals surface area contributed by atoms with Crippen LogP contribution in [-0.2, 0) is 13.6 Å². The summed E-state index contributed by atoms with van der Waals surface area (Å²) in [6.07, 6.45) is 0. The van der Waals surface area contributed by atoms with Crippen molar-refractivity contribution in [2.75, 3.05) is 0 Å². The van der Waals surface area contributed by atoms with Gasteiger partial charge in [0.1, 0.15) is 5.69 Å². The van der Waals surface area contributed by atoms with Crippen LogP contribution in [0.2, 0.25) is 0 Å². The maximum absolute atomic E-state index is 12.8. The Morgan fingerprint density at radius 2 is 2.00 bits per heavy atom. The second-order valence-electron chi connectivity index (χ2n) is 6.24. The van der Waals surface area contributed by atoms with Crippen molar-refractivity contribution >= 4 is 16.8 Å². The normalized spacial score (nSPS) is 12.5. The maximum atomic E-state index is 12.8. The van der Waals surface area contributed by atoms with Crippen molar-refractivity contribution in [3.05, 3.63) is 53.0 Å². The van der Waals surface area contributed by atoms with Crippen LogP contribution in [0.4, 0.5) is 0 Å². The van der Waals surface area contributed by atoms with Crippen LogP contribution in [0, 0.1) is 13.8 Å². The lowest BCUT2D eigenvalue weighted by Gasteiger charge is -2.15. The minimum atomic E-state index is -0.0872. The van der Waals surface area contributed by atoms with Crippen molar-refractivity contribution in [3.8, 4) is 0 Å². The first kappa shape index (κ1) is 16.3. The number of aryl methyl sites for hydroxylation is 3. The predicted octanol–water partition coefficient (Wildman–Crippen LogP) is 3.50. The molecule has 5 nitrogen and oxygen atoms in total. The molecule has 2 heterocycles. The predicted molar refractivity (Wildman–Crippen MR) is 96.2 cm³/mol. The maximum Gasteiger partial charge on any atom is 0.268 e. The standard InChI is InChI=1S/C19H24N4O/c1-6-23-14(4)18(13(3)21-23)12(2)20-19(24)17-11-15-9-7-8-10-16(15)22(17)5/h7-12H,6H2,1-5H3,(H,20,24)/t12-/m1/s1. The Kier molecular flexibility index (Phi) is 4.18. The van der Waals surface area contributed by atoms with Gasteiger partial charge in [0, 0.05) is 35.8 Å². The highest BCUT2D eigenvalue weighted by molar-refractivity contribution is 5.98. The summed E-state index contributed by atoms with van der Waals surface area (Å²) in [5, 5.41) is 8.74. The number of amides is 1. The third kappa shape index (κ3) is 2.60. The number of carbonyl (C=O) groups excluding carboxylic acids is 1. The number of aromatic nitrogens is 3. The van der Waals surface area contributed by atoms with Crippen LogP contribution in [0.25, 0.3) is 10.9 Å². The zero-order chi connectivity index (χ0) is 17.4. The van der Waals surface area contributed by atoms with E-state index >= 15 is 0 Å². The summed E-state index contributed by atoms with van der Waals surface area (Å²) < 4.78 is 3.91. The summed E-state index contributed by atoms with van der Waals surface area (Å²) in [7, 11) is 1.92. The average molecular weight is 324 g/mol. The molecule has 0 saturated carbocycles. The van der Waals surface area contributed by atoms with E-state index in [9.17, 15) is 4.79 Å². The highest BCUT2D eigenvalue weighted by atomic mass is 16.2. The lowest BCUT2D eigenvalue weighted by atomic mass is 10.1. The van der Waals surface area contributed by atoms with E-state index in [2.05, 4.69) is 24.3 Å². The van der Waals surface area contributed by atoms with Crippen molar-refractivity contribution in [1.82, 2.24) is 19.7 Å². The second-order valence-corrected chi connectivity index (χ2v) is 6.24. The Bertz CT molecular complexity index is 904. The number of carbonyl (C=O) groups is 1. The fourth-order valence-electron chi connectivity index (χ4n) is 3.49. The molecule has 0 saturated heterocycles. The van der Waals surface area contributed by atoms with E-state index in [0.29, 0.717) is 5.69 Å². The SMILES string of the molecule is CCn1nc(C)c([C@@H](C)NC(=O)c2cc3ccccc3n2C)c1C. The first-order chi connectivity index (χ1) is 11.4. The van der Waals surface area contributed by atoms with Crippen LogP contribution in [-0.4, -0.2) is 20.3 Å². The van der Waals surface area contributed by atoms with Crippen LogP contribution in [0.5, 0.6) is 0 Å². The summed E-state index contributed by atoms with van der Waals surface area (Å²) in [5.74, 6) is -0.0655. The smallest absolute Gasteiger partial charge is 0.268 e. The largest absolute Gasteiger partial charge is 0.344 e. The molecular formula is C19H24N4O. The van der Waals surface area contributed by atoms with E-state index in [0.717, 1.165) is 34.4 Å². The van der Waals surface area contributed by atoms with Crippen LogP contribution >= 0.6 is 0 Å². The molecule has 0 fully saturated rings. The van der Waals surface area contributed by atoms with Gasteiger partial charge in [-0.1, -0.05) is 18.2 Å². The number of benzene rings is 1. The number of rotatable bonds is 4. The molecule has 0 aliphatic carbocycles. The van der Waals surface area contributed by atoms with Crippen molar-refractivity contribution in [1.29, 1.82) is 0 Å². The zero-order valence-corrected chi connectivity index (χ0v) is 14.9. The van der Waals surface area contributed by atoms with Gasteiger partial charge in [-0.25, -0.2) is 0 Å². The van der Waals surface area contributed by atoms with Gasteiger partial charge in [-0.3, -0.25) is 9.48 Å². The van der Waals surface area contributed by atoms with Gasteiger partial charge in [0.2, 0.25) is 0 Å². The van der Waals surface area contributed by atoms with Crippen LogP contribution in [0.15, 0.2) is 30.3 Å². The van der Waals surface area contributed by atoms with Gasteiger partial charge < -0.3 is 9.88 Å². The molecule has 2 aromatic heterocycles. The molecular weight excluding hydrogens is 300 g/mol. The molecule has 1 N–H and O–H groups in total. The molecule has 5 heteroatoms. The number of para-hydroxylation sites is 1. The van der Waals surface area contributed by atoms with Gasteiger partial charge in [-0.05, 0) is 39.8 Å². The number of hydrogen-bond acceptors (Lipinski definition) is 2. The first-order valence-corrected chi connectivity index (χ1v) is 8.33. The molecule has 0 radical (unpaired) electrons. The minimum absolute atomic E-state index is 0.0655. The first-order valence-electron chi connectivity index (χ1n) is 8.33. The molecule has 3 aromatic rings. The lowest BCUT2D eigenvalue weighted by Crippen LogP contribution is -2.28. The molecule has 0 aliphatic heterocycles. The third-order valence-corrected chi connectivity index (χ3v) is 4.70. The highest BCUT2D eigenvalue weighted by Crippen LogP contribution is 2.23. The highest BCUT2D eigenvalue weighted by Gasteiger charge is 2.21. The molecule has 0 spiro atoms. The number of fused-ring (bicyclic) bond motifs is 1. The van der Waals surface area contributed by atoms with Crippen molar-refractivity contribution in [2.24, 2.45) is 7.05 Å². The summed E-state index contributed by atoms with van der Waals surface area (Å²) >= 11 is 0. The van der Waals surface area contributed by atoms with Crippen LogP contribution in [0.1, 0.15) is 47.3 Å². The molecule has 3 rings (SSSR count). The second kappa shape index (κ2) is 6.15. The van der Waals surface area contributed by atoms with Crippen LogP contribution in [0.3, 0.4) is 0 Å². The molecule has 1 amide bonds. The van der Waals surface area contributed by atoms with Gasteiger partial charge in [0.05, 0.1) is 11.7 Å². The fourth-order valence-corrected chi connectivity index (χ4v) is 3.49. The van der Waals surface area contributed by atoms with Gasteiger partial charge in [0.15, 0.2) is 0 Å². The van der Waals surface area contributed by atoms with Crippen molar-refractivity contribution in [2.45, 2.75) is 40.3 Å². The number of nitrogens with one attached hydrogen (secondary N) is 1. The molecule has 1 atom stereocenters. The molecule has 0 aliphatic rings. The molecule has 126 valence electrons. The Morgan fingerprint density at radius 3 is 2.62 bits per heavy atom. The van der Waals surface area contributed by atoms with Gasteiger partial charge in [0.25, 0.3) is 5.91 Å². The summed E-state index contributed by atoms with van der Waals surface area (Å²) in [4.78, 5) is 12.8. The van der Waals surface area contributed by atoms with E-state index in [-0.39, 0.29) is 11.9 Å². The Balaban J connectivity index is 1.89. The van der Waals surface area contributed by atoms with Crippen LogP contribution < -0.4 is 5.32 Å². The van der Waals surface area contributed by atoms with Crippen molar-refractivity contribution in [3.63, 3.8) is 0 Å². The number of nitrogens with zero attached hydrogens (tertiary/aromatic N) is 3. The summed E-state index contributed by atoms with van der Waals surface area (Å²) in [6.45, 7) is 8.96. The molecule has 24 heavy (non-hydrogen) atoms. The zero-order valence-electron chi connectivity index (χ0n) is 14.9. The average Bonchev–Trinajstić information content (AvgIpc) is 3.04. The fraction of sp³-hybridized carbons (Fsp3) is 0.368. The van der Waals surface area contributed by atoms with E-state index in [1.54, 1.807) is 0 Å². The third-order valence-electron chi connectivity index (χ3n) is 4.70. The van der Waals surface area contributed by atoms with Crippen molar-refractivity contribution < 1.29 is 4.79 Å². The molecule has 1 aromatic carbocycles. The van der Waals surface area contributed by atoms with Gasteiger partial charge in [-0.15, -0.1) is 0 Å².